The summed E-state index contributed by atoms with van der Waals surface area (Å²) in [6, 6.07) is 1.26. The fraction of sp³-hybridized carbons (Fsp3) is 0.667. The van der Waals surface area contributed by atoms with Gasteiger partial charge in [0, 0.05) is 30.8 Å². The van der Waals surface area contributed by atoms with Gasteiger partial charge in [-0.2, -0.15) is 0 Å². The minimum atomic E-state index is -3.12. The molecule has 6 nitrogen and oxygen atoms in total. The number of hydrogen-bond acceptors (Lipinski definition) is 4. The molecule has 0 fully saturated rings. The number of carbonyl (C=O) groups excluding carboxylic acids is 1. The molecule has 2 amide bonds. The predicted molar refractivity (Wildman–Crippen MR) is 84.5 cm³/mol. The first-order valence-corrected chi connectivity index (χ1v) is 9.69. The van der Waals surface area contributed by atoms with Crippen molar-refractivity contribution in [2.75, 3.05) is 18.6 Å². The third-order valence-electron chi connectivity index (χ3n) is 4.03. The van der Waals surface area contributed by atoms with Crippen LogP contribution in [0.3, 0.4) is 0 Å². The molecule has 0 spiro atoms. The fourth-order valence-corrected chi connectivity index (χ4v) is 4.11. The van der Waals surface area contributed by atoms with E-state index in [9.17, 15) is 13.2 Å². The number of aryl methyl sites for hydroxylation is 1. The normalized spacial score (nSPS) is 19.3. The van der Waals surface area contributed by atoms with Crippen LogP contribution < -0.4 is 5.32 Å². The van der Waals surface area contributed by atoms with E-state index < -0.39 is 9.84 Å². The van der Waals surface area contributed by atoms with Crippen LogP contribution in [0.5, 0.6) is 0 Å². The Morgan fingerprint density at radius 2 is 2.27 bits per heavy atom. The SMILES string of the molecule is CCN(C(=O)N[C@@H]1CCCc2occc21)[C@H](C)CS(C)(=O)=O. The summed E-state index contributed by atoms with van der Waals surface area (Å²) >= 11 is 0. The van der Waals surface area contributed by atoms with Crippen LogP contribution in [0.1, 0.15) is 44.1 Å². The van der Waals surface area contributed by atoms with Gasteiger partial charge in [0.15, 0.2) is 0 Å². The van der Waals surface area contributed by atoms with Crippen LogP contribution in [0.15, 0.2) is 16.7 Å². The second-order valence-electron chi connectivity index (χ2n) is 5.92. The maximum Gasteiger partial charge on any atom is 0.318 e. The third kappa shape index (κ3) is 4.03. The quantitative estimate of drug-likeness (QED) is 0.898. The van der Waals surface area contributed by atoms with E-state index in [0.717, 1.165) is 30.6 Å². The number of furan rings is 1. The van der Waals surface area contributed by atoms with Gasteiger partial charge >= 0.3 is 6.03 Å². The lowest BCUT2D eigenvalue weighted by molar-refractivity contribution is 0.182. The summed E-state index contributed by atoms with van der Waals surface area (Å²) in [4.78, 5) is 14.1. The molecule has 124 valence electrons. The molecular formula is C15H24N2O4S. The van der Waals surface area contributed by atoms with Crippen LogP contribution in [-0.4, -0.2) is 43.9 Å². The van der Waals surface area contributed by atoms with Gasteiger partial charge in [-0.25, -0.2) is 13.2 Å². The van der Waals surface area contributed by atoms with E-state index in [0.29, 0.717) is 6.54 Å². The van der Waals surface area contributed by atoms with Gasteiger partial charge in [0.25, 0.3) is 0 Å². The molecule has 1 N–H and O–H groups in total. The Morgan fingerprint density at radius 3 is 2.91 bits per heavy atom. The molecule has 1 aliphatic carbocycles. The molecule has 22 heavy (non-hydrogen) atoms. The number of fused-ring (bicyclic) bond motifs is 1. The van der Waals surface area contributed by atoms with Crippen molar-refractivity contribution < 1.29 is 17.6 Å². The third-order valence-corrected chi connectivity index (χ3v) is 5.12. The Morgan fingerprint density at radius 1 is 1.55 bits per heavy atom. The van der Waals surface area contributed by atoms with E-state index in [4.69, 9.17) is 4.42 Å². The highest BCUT2D eigenvalue weighted by Gasteiger charge is 2.28. The zero-order valence-corrected chi connectivity index (χ0v) is 14.1. The zero-order valence-electron chi connectivity index (χ0n) is 13.3. The molecule has 0 aromatic carbocycles. The molecule has 0 saturated heterocycles. The summed E-state index contributed by atoms with van der Waals surface area (Å²) in [5.41, 5.74) is 1.03. The molecule has 0 aliphatic heterocycles. The van der Waals surface area contributed by atoms with Gasteiger partial charge < -0.3 is 14.6 Å². The van der Waals surface area contributed by atoms with Crippen molar-refractivity contribution >= 4 is 15.9 Å². The molecule has 1 aromatic rings. The topological polar surface area (TPSA) is 79.6 Å². The molecule has 2 atom stereocenters. The summed E-state index contributed by atoms with van der Waals surface area (Å²) in [6.07, 6.45) is 5.58. The Hall–Kier alpha value is -1.50. The standard InChI is InChI=1S/C15H24N2O4S/c1-4-17(11(2)10-22(3,19)20)15(18)16-13-6-5-7-14-12(13)8-9-21-14/h8-9,11,13H,4-7,10H2,1-3H3,(H,16,18)/t11-,13-/m1/s1. The van der Waals surface area contributed by atoms with Gasteiger partial charge in [0.1, 0.15) is 15.6 Å². The van der Waals surface area contributed by atoms with Crippen LogP contribution in [0.25, 0.3) is 0 Å². The smallest absolute Gasteiger partial charge is 0.318 e. The van der Waals surface area contributed by atoms with E-state index in [1.165, 1.54) is 6.26 Å². The molecule has 0 unspecified atom stereocenters. The van der Waals surface area contributed by atoms with Crippen molar-refractivity contribution in [3.8, 4) is 0 Å². The first-order chi connectivity index (χ1) is 10.3. The second-order valence-corrected chi connectivity index (χ2v) is 8.11. The number of carbonyl (C=O) groups is 1. The van der Waals surface area contributed by atoms with Gasteiger partial charge in [0.05, 0.1) is 18.1 Å². The molecule has 0 saturated carbocycles. The Kier molecular flexibility index (Phi) is 5.16. The van der Waals surface area contributed by atoms with Gasteiger partial charge in [-0.1, -0.05) is 0 Å². The van der Waals surface area contributed by atoms with Gasteiger partial charge in [0.2, 0.25) is 0 Å². The molecule has 2 rings (SSSR count). The highest BCUT2D eigenvalue weighted by molar-refractivity contribution is 7.90. The zero-order chi connectivity index (χ0) is 16.3. The first-order valence-electron chi connectivity index (χ1n) is 7.63. The largest absolute Gasteiger partial charge is 0.469 e. The molecule has 0 bridgehead atoms. The highest BCUT2D eigenvalue weighted by atomic mass is 32.2. The first kappa shape index (κ1) is 16.9. The van der Waals surface area contributed by atoms with E-state index >= 15 is 0 Å². The number of amides is 2. The van der Waals surface area contributed by atoms with Gasteiger partial charge in [-0.05, 0) is 32.8 Å². The van der Waals surface area contributed by atoms with Crippen LogP contribution in [-0.2, 0) is 16.3 Å². The van der Waals surface area contributed by atoms with Crippen molar-refractivity contribution in [1.82, 2.24) is 10.2 Å². The van der Waals surface area contributed by atoms with Gasteiger partial charge in [-0.3, -0.25) is 0 Å². The average Bonchev–Trinajstić information content (AvgIpc) is 2.86. The number of nitrogens with zero attached hydrogens (tertiary/aromatic N) is 1. The minimum absolute atomic E-state index is 0.0319. The van der Waals surface area contributed by atoms with Crippen LogP contribution in [0.4, 0.5) is 4.79 Å². The predicted octanol–water partition coefficient (Wildman–Crippen LogP) is 2.12. The lowest BCUT2D eigenvalue weighted by Crippen LogP contribution is -2.48. The summed E-state index contributed by atoms with van der Waals surface area (Å²) < 4.78 is 28.3. The van der Waals surface area contributed by atoms with Crippen LogP contribution >= 0.6 is 0 Å². The monoisotopic (exact) mass is 328 g/mol. The molecule has 0 radical (unpaired) electrons. The lowest BCUT2D eigenvalue weighted by atomic mass is 9.93. The molecular weight excluding hydrogens is 304 g/mol. The fourth-order valence-electron chi connectivity index (χ4n) is 3.05. The van der Waals surface area contributed by atoms with Crippen molar-refractivity contribution in [3.05, 3.63) is 23.7 Å². The van der Waals surface area contributed by atoms with E-state index in [-0.39, 0.29) is 23.9 Å². The van der Waals surface area contributed by atoms with E-state index in [1.54, 1.807) is 18.1 Å². The van der Waals surface area contributed by atoms with Crippen LogP contribution in [0.2, 0.25) is 0 Å². The number of hydrogen-bond donors (Lipinski definition) is 1. The molecule has 7 heteroatoms. The van der Waals surface area contributed by atoms with Crippen LogP contribution in [0, 0.1) is 0 Å². The average molecular weight is 328 g/mol. The van der Waals surface area contributed by atoms with E-state index in [1.807, 2.05) is 13.0 Å². The van der Waals surface area contributed by atoms with Gasteiger partial charge in [-0.15, -0.1) is 0 Å². The number of rotatable bonds is 5. The second kappa shape index (κ2) is 6.73. The minimum Gasteiger partial charge on any atom is -0.469 e. The van der Waals surface area contributed by atoms with Crippen molar-refractivity contribution in [2.45, 2.75) is 45.2 Å². The molecule has 1 aromatic heterocycles. The summed E-state index contributed by atoms with van der Waals surface area (Å²) in [5, 5.41) is 3.01. The number of nitrogens with one attached hydrogen (secondary N) is 1. The Balaban J connectivity index is 2.05. The number of sulfone groups is 1. The lowest BCUT2D eigenvalue weighted by Gasteiger charge is -2.31. The molecule has 1 aliphatic rings. The summed E-state index contributed by atoms with van der Waals surface area (Å²) in [6.45, 7) is 4.07. The number of urea groups is 1. The maximum atomic E-state index is 12.5. The maximum absolute atomic E-state index is 12.5. The van der Waals surface area contributed by atoms with Crippen molar-refractivity contribution in [1.29, 1.82) is 0 Å². The summed E-state index contributed by atoms with van der Waals surface area (Å²) in [7, 11) is -3.12. The van der Waals surface area contributed by atoms with Crippen molar-refractivity contribution in [2.24, 2.45) is 0 Å². The Bertz CT molecular complexity index is 623. The van der Waals surface area contributed by atoms with E-state index in [2.05, 4.69) is 5.32 Å². The Labute approximate surface area is 131 Å². The van der Waals surface area contributed by atoms with Crippen molar-refractivity contribution in [3.63, 3.8) is 0 Å². The summed E-state index contributed by atoms with van der Waals surface area (Å²) in [5.74, 6) is 0.902. The highest BCUT2D eigenvalue weighted by Crippen LogP contribution is 2.30. The molecule has 1 heterocycles.